The van der Waals surface area contributed by atoms with E-state index < -0.39 is 5.97 Å². The zero-order chi connectivity index (χ0) is 30.1. The lowest BCUT2D eigenvalue weighted by atomic mass is 10.0. The third kappa shape index (κ3) is 34.5. The highest BCUT2D eigenvalue weighted by atomic mass is 16.5. The van der Waals surface area contributed by atoms with Crippen molar-refractivity contribution in [2.45, 2.75) is 186 Å². The number of hydrogen-bond donors (Lipinski definition) is 2. The molecule has 0 heterocycles. The van der Waals surface area contributed by atoms with E-state index in [0.29, 0.717) is 13.0 Å². The minimum absolute atomic E-state index is 0.0313. The number of carboxylic acid groups (broad SMARTS) is 1. The van der Waals surface area contributed by atoms with Crippen LogP contribution in [0.2, 0.25) is 0 Å². The van der Waals surface area contributed by atoms with Crippen molar-refractivity contribution >= 4 is 11.9 Å². The Morgan fingerprint density at radius 3 is 1.66 bits per heavy atom. The lowest BCUT2D eigenvalue weighted by Crippen LogP contribution is -2.05. The Hall–Kier alpha value is -1.62. The van der Waals surface area contributed by atoms with Gasteiger partial charge in [-0.25, -0.2) is 4.79 Å². The Morgan fingerprint density at radius 2 is 1.10 bits per heavy atom. The van der Waals surface area contributed by atoms with Crippen molar-refractivity contribution < 1.29 is 24.5 Å². The normalized spacial score (nSPS) is 12.4. The van der Waals surface area contributed by atoms with E-state index in [2.05, 4.69) is 19.1 Å². The van der Waals surface area contributed by atoms with Crippen LogP contribution in [0.1, 0.15) is 180 Å². The predicted molar refractivity (Wildman–Crippen MR) is 173 cm³/mol. The van der Waals surface area contributed by atoms with Gasteiger partial charge in [-0.2, -0.15) is 0 Å². The van der Waals surface area contributed by atoms with Crippen LogP contribution in [-0.4, -0.2) is 34.9 Å². The van der Waals surface area contributed by atoms with Crippen molar-refractivity contribution in [3.63, 3.8) is 0 Å². The molecule has 0 fully saturated rings. The number of aliphatic hydroxyl groups is 1. The Kier molecular flexibility index (Phi) is 31.6. The number of aliphatic carboxylic acids is 1. The largest absolute Gasteiger partial charge is 0.478 e. The van der Waals surface area contributed by atoms with E-state index in [4.69, 9.17) is 9.84 Å². The van der Waals surface area contributed by atoms with Crippen molar-refractivity contribution in [2.75, 3.05) is 6.61 Å². The van der Waals surface area contributed by atoms with Gasteiger partial charge in [-0.05, 0) is 51.4 Å². The number of carbonyl (C=O) groups is 2. The third-order valence-corrected chi connectivity index (χ3v) is 7.76. The molecule has 240 valence electrons. The summed E-state index contributed by atoms with van der Waals surface area (Å²) in [5.74, 6) is -0.883. The molecule has 0 radical (unpaired) electrons. The SMILES string of the molecule is CCCCCC[C@@H](O)CC=CCCCCCCCC(=O)OCCCCCCCCCCCCCCCC=CC(=O)O. The van der Waals surface area contributed by atoms with Crippen molar-refractivity contribution in [2.24, 2.45) is 0 Å². The molecule has 0 aromatic carbocycles. The van der Waals surface area contributed by atoms with E-state index in [-0.39, 0.29) is 12.1 Å². The third-order valence-electron chi connectivity index (χ3n) is 7.76. The minimum Gasteiger partial charge on any atom is -0.478 e. The molecule has 0 bridgehead atoms. The summed E-state index contributed by atoms with van der Waals surface area (Å²) >= 11 is 0. The first kappa shape index (κ1) is 39.4. The Balaban J connectivity index is 3.27. The molecule has 0 aliphatic heterocycles. The number of carbonyl (C=O) groups excluding carboxylic acids is 1. The first-order valence-corrected chi connectivity index (χ1v) is 17.4. The molecular weight excluding hydrogens is 512 g/mol. The second kappa shape index (κ2) is 32.9. The van der Waals surface area contributed by atoms with Crippen LogP contribution in [0.4, 0.5) is 0 Å². The molecule has 0 spiro atoms. The smallest absolute Gasteiger partial charge is 0.327 e. The molecule has 0 rings (SSSR count). The fraction of sp³-hybridized carbons (Fsp3) is 0.833. The van der Waals surface area contributed by atoms with Crippen LogP contribution in [-0.2, 0) is 14.3 Å². The van der Waals surface area contributed by atoms with Gasteiger partial charge < -0.3 is 14.9 Å². The molecular formula is C36H66O5. The summed E-state index contributed by atoms with van der Waals surface area (Å²) in [6, 6.07) is 0. The van der Waals surface area contributed by atoms with Crippen molar-refractivity contribution in [1.82, 2.24) is 0 Å². The quantitative estimate of drug-likeness (QED) is 0.0359. The second-order valence-corrected chi connectivity index (χ2v) is 11.9. The molecule has 5 nitrogen and oxygen atoms in total. The summed E-state index contributed by atoms with van der Waals surface area (Å²) in [5.41, 5.74) is 0. The van der Waals surface area contributed by atoms with Gasteiger partial charge in [0.25, 0.3) is 0 Å². The molecule has 0 aliphatic carbocycles. The maximum Gasteiger partial charge on any atom is 0.327 e. The average Bonchev–Trinajstić information content (AvgIpc) is 2.95. The van der Waals surface area contributed by atoms with E-state index in [9.17, 15) is 14.7 Å². The summed E-state index contributed by atoms with van der Waals surface area (Å²) in [5, 5.41) is 18.5. The topological polar surface area (TPSA) is 83.8 Å². The molecule has 0 unspecified atom stereocenters. The van der Waals surface area contributed by atoms with Crippen LogP contribution >= 0.6 is 0 Å². The van der Waals surface area contributed by atoms with Gasteiger partial charge in [-0.15, -0.1) is 0 Å². The lowest BCUT2D eigenvalue weighted by molar-refractivity contribution is -0.144. The van der Waals surface area contributed by atoms with E-state index in [1.165, 1.54) is 109 Å². The fourth-order valence-electron chi connectivity index (χ4n) is 5.11. The van der Waals surface area contributed by atoms with Gasteiger partial charge in [0.2, 0.25) is 0 Å². The molecule has 0 aromatic rings. The first-order chi connectivity index (χ1) is 20.1. The standard InChI is InChI=1S/C36H66O5/c1-2-3-4-24-29-34(37)30-25-20-16-13-14-18-22-27-32-36(40)41-33-28-23-19-15-11-9-7-5-6-8-10-12-17-21-26-31-35(38)39/h20,25-26,31,34,37H,2-19,21-24,27-30,32-33H2,1H3,(H,38,39)/t34-/m1/s1. The Labute approximate surface area is 253 Å². The molecule has 0 saturated carbocycles. The number of carboxylic acids is 1. The zero-order valence-electron chi connectivity index (χ0n) is 26.8. The number of aliphatic hydroxyl groups excluding tert-OH is 1. The number of hydrogen-bond acceptors (Lipinski definition) is 4. The molecule has 1 atom stereocenters. The van der Waals surface area contributed by atoms with Crippen molar-refractivity contribution in [1.29, 1.82) is 0 Å². The monoisotopic (exact) mass is 578 g/mol. The van der Waals surface area contributed by atoms with E-state index in [1.807, 2.05) is 0 Å². The Bertz CT molecular complexity index is 627. The van der Waals surface area contributed by atoms with E-state index >= 15 is 0 Å². The maximum absolute atomic E-state index is 11.9. The summed E-state index contributed by atoms with van der Waals surface area (Å²) in [6.45, 7) is 2.79. The van der Waals surface area contributed by atoms with Gasteiger partial charge >= 0.3 is 11.9 Å². The summed E-state index contributed by atoms with van der Waals surface area (Å²) < 4.78 is 5.40. The number of esters is 1. The number of rotatable bonds is 32. The number of unbranched alkanes of at least 4 members (excludes halogenated alkanes) is 21. The van der Waals surface area contributed by atoms with Gasteiger partial charge in [0.05, 0.1) is 12.7 Å². The van der Waals surface area contributed by atoms with Gasteiger partial charge in [0, 0.05) is 12.5 Å². The maximum atomic E-state index is 11.9. The summed E-state index contributed by atoms with van der Waals surface area (Å²) in [7, 11) is 0. The van der Waals surface area contributed by atoms with Crippen LogP contribution in [0.5, 0.6) is 0 Å². The summed E-state index contributed by atoms with van der Waals surface area (Å²) in [6.07, 6.45) is 38.0. The lowest BCUT2D eigenvalue weighted by Gasteiger charge is -2.07. The van der Waals surface area contributed by atoms with Crippen LogP contribution in [0.25, 0.3) is 0 Å². The fourth-order valence-corrected chi connectivity index (χ4v) is 5.11. The molecule has 0 aliphatic rings. The molecule has 0 amide bonds. The van der Waals surface area contributed by atoms with Crippen LogP contribution in [0, 0.1) is 0 Å². The molecule has 0 aromatic heterocycles. The van der Waals surface area contributed by atoms with Crippen molar-refractivity contribution in [3.8, 4) is 0 Å². The zero-order valence-corrected chi connectivity index (χ0v) is 26.8. The highest BCUT2D eigenvalue weighted by Crippen LogP contribution is 2.14. The van der Waals surface area contributed by atoms with Crippen LogP contribution < -0.4 is 0 Å². The number of allylic oxidation sites excluding steroid dienone is 2. The highest BCUT2D eigenvalue weighted by Gasteiger charge is 2.03. The van der Waals surface area contributed by atoms with E-state index in [1.54, 1.807) is 6.08 Å². The molecule has 2 N–H and O–H groups in total. The molecule has 0 saturated heterocycles. The van der Waals surface area contributed by atoms with Gasteiger partial charge in [-0.1, -0.05) is 141 Å². The van der Waals surface area contributed by atoms with Gasteiger partial charge in [0.1, 0.15) is 0 Å². The first-order valence-electron chi connectivity index (χ1n) is 17.4. The van der Waals surface area contributed by atoms with Gasteiger partial charge in [-0.3, -0.25) is 4.79 Å². The second-order valence-electron chi connectivity index (χ2n) is 11.9. The Morgan fingerprint density at radius 1 is 0.610 bits per heavy atom. The predicted octanol–water partition coefficient (Wildman–Crippen LogP) is 10.6. The minimum atomic E-state index is -0.851. The van der Waals surface area contributed by atoms with Crippen LogP contribution in [0.3, 0.4) is 0 Å². The molecule has 5 heteroatoms. The highest BCUT2D eigenvalue weighted by molar-refractivity contribution is 5.79. The average molecular weight is 579 g/mol. The van der Waals surface area contributed by atoms with Crippen molar-refractivity contribution in [3.05, 3.63) is 24.3 Å². The molecule has 41 heavy (non-hydrogen) atoms. The van der Waals surface area contributed by atoms with Gasteiger partial charge in [0.15, 0.2) is 0 Å². The summed E-state index contributed by atoms with van der Waals surface area (Å²) in [4.78, 5) is 22.3. The van der Waals surface area contributed by atoms with Crippen LogP contribution in [0.15, 0.2) is 24.3 Å². The number of ether oxygens (including phenoxy) is 1. The van der Waals surface area contributed by atoms with E-state index in [0.717, 1.165) is 64.2 Å².